The first-order valence-corrected chi connectivity index (χ1v) is 6.55. The average molecular weight is 287 g/mol. The van der Waals surface area contributed by atoms with Crippen LogP contribution in [0.1, 0.15) is 17.2 Å². The Bertz CT molecular complexity index is 810. The number of rotatable bonds is 3. The molecule has 0 aliphatic heterocycles. The van der Waals surface area contributed by atoms with Gasteiger partial charge in [-0.3, -0.25) is 4.68 Å². The number of nitrogens with zero attached hydrogens (tertiary/aromatic N) is 6. The number of alkyl halides is 1. The lowest BCUT2D eigenvalue weighted by Gasteiger charge is -2.04. The number of aromatic nitrogens is 5. The van der Waals surface area contributed by atoms with Crippen LogP contribution in [0.25, 0.3) is 11.0 Å². The fourth-order valence-corrected chi connectivity index (χ4v) is 2.37. The number of halogens is 1. The van der Waals surface area contributed by atoms with Gasteiger partial charge in [0.05, 0.1) is 23.5 Å². The molecule has 2 aromatic heterocycles. The van der Waals surface area contributed by atoms with Crippen LogP contribution >= 0.6 is 11.6 Å². The van der Waals surface area contributed by atoms with Gasteiger partial charge in [0, 0.05) is 7.05 Å². The van der Waals surface area contributed by atoms with Crippen molar-refractivity contribution in [3.63, 3.8) is 0 Å². The normalized spacial score (nSPS) is 10.8. The topological polar surface area (TPSA) is 72.3 Å². The molecule has 0 aliphatic rings. The molecule has 0 amide bonds. The minimum absolute atomic E-state index is 0.270. The molecular weight excluding hydrogens is 276 g/mol. The van der Waals surface area contributed by atoms with Crippen LogP contribution in [0, 0.1) is 11.3 Å². The zero-order chi connectivity index (χ0) is 14.1. The minimum Gasteiger partial charge on any atom is -0.319 e. The molecule has 1 aromatic carbocycles. The maximum atomic E-state index is 9.14. The molecule has 3 rings (SSSR count). The Morgan fingerprint density at radius 2 is 2.25 bits per heavy atom. The minimum atomic E-state index is 0.270. The molecule has 3 aromatic rings. The Morgan fingerprint density at radius 3 is 2.90 bits per heavy atom. The van der Waals surface area contributed by atoms with E-state index >= 15 is 0 Å². The van der Waals surface area contributed by atoms with E-state index in [0.29, 0.717) is 29.3 Å². The Kier molecular flexibility index (Phi) is 3.12. The fourth-order valence-electron chi connectivity index (χ4n) is 2.16. The van der Waals surface area contributed by atoms with Crippen molar-refractivity contribution in [2.45, 2.75) is 12.4 Å². The Balaban J connectivity index is 2.16. The molecule has 0 saturated carbocycles. The van der Waals surface area contributed by atoms with Gasteiger partial charge >= 0.3 is 0 Å². The summed E-state index contributed by atoms with van der Waals surface area (Å²) in [5.41, 5.74) is 2.08. The van der Waals surface area contributed by atoms with Crippen LogP contribution < -0.4 is 0 Å². The monoisotopic (exact) mass is 286 g/mol. The summed E-state index contributed by atoms with van der Waals surface area (Å²) in [5, 5.41) is 13.4. The van der Waals surface area contributed by atoms with Gasteiger partial charge in [0.2, 0.25) is 0 Å². The number of fused-ring (bicyclic) bond motifs is 1. The van der Waals surface area contributed by atoms with Crippen molar-refractivity contribution in [2.24, 2.45) is 7.05 Å². The first-order valence-electron chi connectivity index (χ1n) is 6.01. The van der Waals surface area contributed by atoms with E-state index in [1.54, 1.807) is 17.1 Å². The van der Waals surface area contributed by atoms with Gasteiger partial charge in [-0.05, 0) is 12.1 Å². The van der Waals surface area contributed by atoms with E-state index in [1.807, 2.05) is 23.7 Å². The lowest BCUT2D eigenvalue weighted by atomic mass is 10.2. The van der Waals surface area contributed by atoms with Crippen LogP contribution in [0.4, 0.5) is 0 Å². The lowest BCUT2D eigenvalue weighted by molar-refractivity contribution is 0.697. The first kappa shape index (κ1) is 12.6. The van der Waals surface area contributed by atoms with Crippen molar-refractivity contribution < 1.29 is 0 Å². The summed E-state index contributed by atoms with van der Waals surface area (Å²) in [7, 11) is 1.82. The first-order chi connectivity index (χ1) is 9.72. The summed E-state index contributed by atoms with van der Waals surface area (Å²) in [6.45, 7) is 0.480. The molecule has 0 unspecified atom stereocenters. The third kappa shape index (κ3) is 2.02. The molecule has 0 saturated heterocycles. The average Bonchev–Trinajstić information content (AvgIpc) is 3.03. The predicted molar refractivity (Wildman–Crippen MR) is 74.1 cm³/mol. The van der Waals surface area contributed by atoms with Gasteiger partial charge in [-0.2, -0.15) is 10.4 Å². The molecule has 0 bridgehead atoms. The van der Waals surface area contributed by atoms with Crippen molar-refractivity contribution in [1.82, 2.24) is 24.3 Å². The SMILES string of the molecule is Cn1cnc(Cn2c(CCl)nc3c(C#N)cccc32)n1. The van der Waals surface area contributed by atoms with Crippen LogP contribution in [0.5, 0.6) is 0 Å². The van der Waals surface area contributed by atoms with Gasteiger partial charge in [-0.15, -0.1) is 11.6 Å². The third-order valence-electron chi connectivity index (χ3n) is 3.04. The second-order valence-corrected chi connectivity index (χ2v) is 4.63. The van der Waals surface area contributed by atoms with E-state index < -0.39 is 0 Å². The van der Waals surface area contributed by atoms with E-state index in [1.165, 1.54) is 0 Å². The molecule has 0 atom stereocenters. The second kappa shape index (κ2) is 4.94. The maximum absolute atomic E-state index is 9.14. The molecular formula is C13H11ClN6. The molecule has 0 radical (unpaired) electrons. The summed E-state index contributed by atoms with van der Waals surface area (Å²) < 4.78 is 3.59. The highest BCUT2D eigenvalue weighted by Crippen LogP contribution is 2.21. The van der Waals surface area contributed by atoms with Crippen molar-refractivity contribution in [3.05, 3.63) is 41.7 Å². The smallest absolute Gasteiger partial charge is 0.170 e. The molecule has 0 N–H and O–H groups in total. The number of imidazole rings is 1. The van der Waals surface area contributed by atoms with E-state index in [2.05, 4.69) is 21.1 Å². The van der Waals surface area contributed by atoms with Gasteiger partial charge in [-0.25, -0.2) is 9.97 Å². The number of aryl methyl sites for hydroxylation is 1. The molecule has 0 spiro atoms. The van der Waals surface area contributed by atoms with Gasteiger partial charge < -0.3 is 4.57 Å². The third-order valence-corrected chi connectivity index (χ3v) is 3.28. The molecule has 100 valence electrons. The predicted octanol–water partition coefficient (Wildman–Crippen LogP) is 1.82. The molecule has 6 nitrogen and oxygen atoms in total. The second-order valence-electron chi connectivity index (χ2n) is 4.37. The zero-order valence-electron chi connectivity index (χ0n) is 10.8. The molecule has 0 aliphatic carbocycles. The molecule has 0 fully saturated rings. The van der Waals surface area contributed by atoms with Gasteiger partial charge in [0.15, 0.2) is 5.82 Å². The van der Waals surface area contributed by atoms with E-state index in [4.69, 9.17) is 16.9 Å². The van der Waals surface area contributed by atoms with Gasteiger partial charge in [0.1, 0.15) is 23.7 Å². The maximum Gasteiger partial charge on any atom is 0.170 e. The summed E-state index contributed by atoms with van der Waals surface area (Å²) in [6, 6.07) is 7.65. The lowest BCUT2D eigenvalue weighted by Crippen LogP contribution is -2.06. The van der Waals surface area contributed by atoms with Gasteiger partial charge in [-0.1, -0.05) is 6.07 Å². The van der Waals surface area contributed by atoms with Crippen molar-refractivity contribution in [3.8, 4) is 6.07 Å². The molecule has 2 heterocycles. The zero-order valence-corrected chi connectivity index (χ0v) is 11.5. The number of nitriles is 1. The summed E-state index contributed by atoms with van der Waals surface area (Å²) in [6.07, 6.45) is 1.65. The fraction of sp³-hybridized carbons (Fsp3) is 0.231. The summed E-state index contributed by atoms with van der Waals surface area (Å²) in [4.78, 5) is 8.66. The van der Waals surface area contributed by atoms with Gasteiger partial charge in [0.25, 0.3) is 0 Å². The van der Waals surface area contributed by atoms with E-state index in [9.17, 15) is 0 Å². The quantitative estimate of drug-likeness (QED) is 0.689. The Labute approximate surface area is 120 Å². The highest BCUT2D eigenvalue weighted by molar-refractivity contribution is 6.16. The van der Waals surface area contributed by atoms with E-state index in [0.717, 1.165) is 5.52 Å². The summed E-state index contributed by atoms with van der Waals surface area (Å²) >= 11 is 5.96. The van der Waals surface area contributed by atoms with Crippen LogP contribution in [-0.2, 0) is 19.5 Å². The summed E-state index contributed by atoms with van der Waals surface area (Å²) in [5.74, 6) is 1.66. The number of benzene rings is 1. The van der Waals surface area contributed by atoms with Crippen molar-refractivity contribution in [2.75, 3.05) is 0 Å². The van der Waals surface area contributed by atoms with Crippen LogP contribution in [0.15, 0.2) is 24.5 Å². The number of hydrogen-bond donors (Lipinski definition) is 0. The van der Waals surface area contributed by atoms with Crippen LogP contribution in [0.3, 0.4) is 0 Å². The molecule has 20 heavy (non-hydrogen) atoms. The highest BCUT2D eigenvalue weighted by Gasteiger charge is 2.14. The van der Waals surface area contributed by atoms with Crippen molar-refractivity contribution >= 4 is 22.6 Å². The Hall–Kier alpha value is -2.39. The van der Waals surface area contributed by atoms with Crippen LogP contribution in [0.2, 0.25) is 0 Å². The molecule has 7 heteroatoms. The van der Waals surface area contributed by atoms with Crippen molar-refractivity contribution in [1.29, 1.82) is 5.26 Å². The Morgan fingerprint density at radius 1 is 1.40 bits per heavy atom. The number of para-hydroxylation sites is 1. The van der Waals surface area contributed by atoms with Crippen LogP contribution in [-0.4, -0.2) is 24.3 Å². The van der Waals surface area contributed by atoms with E-state index in [-0.39, 0.29) is 5.88 Å². The standard InChI is InChI=1S/C13H11ClN6/c1-19-8-16-11(18-19)7-20-10-4-2-3-9(6-15)13(10)17-12(20)5-14/h2-4,8H,5,7H2,1H3. The highest BCUT2D eigenvalue weighted by atomic mass is 35.5. The largest absolute Gasteiger partial charge is 0.319 e. The number of hydrogen-bond acceptors (Lipinski definition) is 4.